The highest BCUT2D eigenvalue weighted by atomic mass is 32.2. The molecule has 3 rings (SSSR count). The van der Waals surface area contributed by atoms with Gasteiger partial charge >= 0.3 is 7.82 Å². The van der Waals surface area contributed by atoms with E-state index in [1.165, 1.54) is 103 Å². The number of methoxy groups -OCH3 is 1. The Morgan fingerprint density at radius 1 is 0.923 bits per heavy atom. The summed E-state index contributed by atoms with van der Waals surface area (Å²) >= 11 is 1.91. The average molecular weight is 591 g/mol. The summed E-state index contributed by atoms with van der Waals surface area (Å²) in [7, 11) is 2.23. The van der Waals surface area contributed by atoms with E-state index in [1.54, 1.807) is 7.11 Å². The highest BCUT2D eigenvalue weighted by Gasteiger charge is 2.83. The third-order valence-corrected chi connectivity index (χ3v) is 12.5. The summed E-state index contributed by atoms with van der Waals surface area (Å²) in [5, 5.41) is 0. The molecule has 2 aliphatic carbocycles. The van der Waals surface area contributed by atoms with Crippen LogP contribution in [0.2, 0.25) is 0 Å². The predicted molar refractivity (Wildman–Crippen MR) is 164 cm³/mol. The number of quaternary nitrogens is 1. The molecule has 0 amide bonds. The van der Waals surface area contributed by atoms with Crippen molar-refractivity contribution < 1.29 is 27.7 Å². The molecule has 1 heterocycles. The van der Waals surface area contributed by atoms with Crippen LogP contribution in [0.25, 0.3) is 0 Å². The molecule has 230 valence electrons. The molecule has 0 radical (unpaired) electrons. The summed E-state index contributed by atoms with van der Waals surface area (Å²) < 4.78 is 30.4. The van der Waals surface area contributed by atoms with E-state index < -0.39 is 7.82 Å². The number of thioether (sulfide) groups is 1. The van der Waals surface area contributed by atoms with Crippen molar-refractivity contribution in [1.29, 1.82) is 0 Å². The molecular formula is C31H61NO5PS+. The normalized spacial score (nSPS) is 29.2. The van der Waals surface area contributed by atoms with Crippen LogP contribution >= 0.6 is 19.6 Å². The number of unbranched alkanes of at least 4 members (excludes halogenated alkanes) is 13. The first-order valence-corrected chi connectivity index (χ1v) is 19.0. The third kappa shape index (κ3) is 9.97. The van der Waals surface area contributed by atoms with Gasteiger partial charge in [-0.2, -0.15) is 11.8 Å². The minimum absolute atomic E-state index is 0.0976. The standard InChI is InChI=1S/C31H60NO5PS/c1-5-6-7-8-9-10-11-12-13-14-15-16-17-18-21-39-26-27(24-35-4)25-36-38(33,34)37-29-22-28-19-20-31(28)30(23-29)32(31,2)3/h27-30H,5-26H2,1-4H3/p+1. The van der Waals surface area contributed by atoms with E-state index >= 15 is 0 Å². The number of hydrogen-bond donors (Lipinski definition) is 1. The zero-order valence-corrected chi connectivity index (χ0v) is 27.5. The van der Waals surface area contributed by atoms with Crippen LogP contribution in [0, 0.1) is 11.8 Å². The van der Waals surface area contributed by atoms with Gasteiger partial charge in [-0.25, -0.2) is 4.57 Å². The van der Waals surface area contributed by atoms with Crippen LogP contribution in [0.1, 0.15) is 122 Å². The Labute approximate surface area is 244 Å². The van der Waals surface area contributed by atoms with E-state index in [0.29, 0.717) is 24.1 Å². The van der Waals surface area contributed by atoms with Gasteiger partial charge in [-0.15, -0.1) is 0 Å². The minimum Gasteiger partial charge on any atom is -0.384 e. The maximum atomic E-state index is 12.8. The van der Waals surface area contributed by atoms with E-state index in [9.17, 15) is 9.46 Å². The second-order valence-electron chi connectivity index (χ2n) is 13.2. The lowest BCUT2D eigenvalue weighted by Crippen LogP contribution is -2.47. The molecule has 0 aromatic heterocycles. The topological polar surface area (TPSA) is 65.0 Å². The first kappa shape index (κ1) is 33.9. The van der Waals surface area contributed by atoms with E-state index in [2.05, 4.69) is 21.0 Å². The van der Waals surface area contributed by atoms with Gasteiger partial charge in [0.2, 0.25) is 0 Å². The molecule has 0 aromatic carbocycles. The van der Waals surface area contributed by atoms with Crippen LogP contribution in [0.3, 0.4) is 0 Å². The second kappa shape index (κ2) is 16.9. The van der Waals surface area contributed by atoms with Crippen molar-refractivity contribution in [3.8, 4) is 0 Å². The first-order valence-electron chi connectivity index (χ1n) is 16.3. The Bertz CT molecular complexity index is 740. The monoisotopic (exact) mass is 590 g/mol. The fraction of sp³-hybridized carbons (Fsp3) is 1.00. The molecule has 0 aromatic rings. The molecule has 6 unspecified atom stereocenters. The van der Waals surface area contributed by atoms with Crippen LogP contribution in [0.4, 0.5) is 0 Å². The number of phosphoric acid groups is 1. The summed E-state index contributed by atoms with van der Waals surface area (Å²) in [6, 6.07) is 0.572. The van der Waals surface area contributed by atoms with Crippen LogP contribution in [0.15, 0.2) is 0 Å². The van der Waals surface area contributed by atoms with Gasteiger partial charge in [0.15, 0.2) is 5.54 Å². The number of ether oxygens (including phenoxy) is 1. The molecule has 1 aliphatic heterocycles. The zero-order valence-electron chi connectivity index (χ0n) is 25.7. The van der Waals surface area contributed by atoms with E-state index in [1.807, 2.05) is 11.8 Å². The fourth-order valence-corrected chi connectivity index (χ4v) is 9.82. The molecule has 3 fully saturated rings. The first-order chi connectivity index (χ1) is 18.8. The summed E-state index contributed by atoms with van der Waals surface area (Å²) in [4.78, 5) is 10.5. The van der Waals surface area contributed by atoms with E-state index in [0.717, 1.165) is 28.8 Å². The molecule has 1 saturated heterocycles. The summed E-state index contributed by atoms with van der Waals surface area (Å²) in [6.45, 7) is 3.02. The number of rotatable bonds is 24. The molecular weight excluding hydrogens is 529 g/mol. The SMILES string of the molecule is CCCCCCCCCCCCCCCCSCC(COC)COP(=O)(O)OC1CC2CCC23C(C1)[N+]3(C)C. The van der Waals surface area contributed by atoms with Crippen LogP contribution in [-0.2, 0) is 18.3 Å². The minimum atomic E-state index is -4.06. The van der Waals surface area contributed by atoms with Gasteiger partial charge in [0, 0.05) is 37.5 Å². The van der Waals surface area contributed by atoms with Gasteiger partial charge in [0.05, 0.1) is 33.4 Å². The molecule has 3 aliphatic rings. The fourth-order valence-electron chi connectivity index (χ4n) is 7.71. The molecule has 8 heteroatoms. The summed E-state index contributed by atoms with van der Waals surface area (Å²) in [5.41, 5.74) is 0.438. The maximum absolute atomic E-state index is 12.8. The molecule has 39 heavy (non-hydrogen) atoms. The number of phosphoric ester groups is 1. The zero-order chi connectivity index (χ0) is 28.2. The Morgan fingerprint density at radius 2 is 1.51 bits per heavy atom. The third-order valence-electron chi connectivity index (χ3n) is 10.1. The average Bonchev–Trinajstić information content (AvgIpc) is 3.41. The van der Waals surface area contributed by atoms with Crippen LogP contribution < -0.4 is 0 Å². The largest absolute Gasteiger partial charge is 0.472 e. The molecule has 0 bridgehead atoms. The second-order valence-corrected chi connectivity index (χ2v) is 15.8. The van der Waals surface area contributed by atoms with Gasteiger partial charge < -0.3 is 14.1 Å². The van der Waals surface area contributed by atoms with Crippen molar-refractivity contribution in [2.24, 2.45) is 11.8 Å². The van der Waals surface area contributed by atoms with Gasteiger partial charge in [-0.3, -0.25) is 9.05 Å². The van der Waals surface area contributed by atoms with Crippen molar-refractivity contribution in [2.45, 2.75) is 140 Å². The van der Waals surface area contributed by atoms with Crippen molar-refractivity contribution >= 4 is 19.6 Å². The molecule has 6 atom stereocenters. The van der Waals surface area contributed by atoms with Crippen molar-refractivity contribution in [2.75, 3.05) is 45.9 Å². The van der Waals surface area contributed by atoms with Gasteiger partial charge in [-0.05, 0) is 25.0 Å². The summed E-state index contributed by atoms with van der Waals surface area (Å²) in [5.74, 6) is 2.74. The predicted octanol–water partition coefficient (Wildman–Crippen LogP) is 8.37. The number of nitrogens with zero attached hydrogens (tertiary/aromatic N) is 1. The molecule has 2 saturated carbocycles. The lowest BCUT2D eigenvalue weighted by molar-refractivity contribution is -0.806. The van der Waals surface area contributed by atoms with Crippen molar-refractivity contribution in [3.63, 3.8) is 0 Å². The lowest BCUT2D eigenvalue weighted by atomic mass is 9.64. The van der Waals surface area contributed by atoms with E-state index in [-0.39, 0.29) is 18.6 Å². The number of likely N-dealkylation sites (N-methyl/N-ethyl adjacent to an activating group) is 1. The molecule has 1 spiro atoms. The number of hydrogen-bond acceptors (Lipinski definition) is 5. The van der Waals surface area contributed by atoms with Crippen molar-refractivity contribution in [3.05, 3.63) is 0 Å². The van der Waals surface area contributed by atoms with Crippen LogP contribution in [0.5, 0.6) is 0 Å². The smallest absolute Gasteiger partial charge is 0.384 e. The Kier molecular flexibility index (Phi) is 14.7. The van der Waals surface area contributed by atoms with Gasteiger partial charge in [0.25, 0.3) is 0 Å². The highest BCUT2D eigenvalue weighted by Crippen LogP contribution is 2.69. The number of likely N-dealkylation sites (tertiary alicyclic amines) is 1. The quantitative estimate of drug-likeness (QED) is 0.0527. The lowest BCUT2D eigenvalue weighted by Gasteiger charge is -2.40. The van der Waals surface area contributed by atoms with Crippen LogP contribution in [-0.4, -0.2) is 73.0 Å². The maximum Gasteiger partial charge on any atom is 0.472 e. The molecule has 1 N–H and O–H groups in total. The van der Waals surface area contributed by atoms with Crippen molar-refractivity contribution in [1.82, 2.24) is 0 Å². The Balaban J connectivity index is 1.17. The van der Waals surface area contributed by atoms with E-state index in [4.69, 9.17) is 13.8 Å². The highest BCUT2D eigenvalue weighted by molar-refractivity contribution is 7.99. The summed E-state index contributed by atoms with van der Waals surface area (Å²) in [6.07, 6.45) is 23.5. The Hall–Kier alpha value is 0.380. The molecule has 6 nitrogen and oxygen atoms in total. The van der Waals surface area contributed by atoms with Gasteiger partial charge in [-0.1, -0.05) is 90.4 Å². The Morgan fingerprint density at radius 3 is 2.03 bits per heavy atom. The van der Waals surface area contributed by atoms with Gasteiger partial charge in [0.1, 0.15) is 6.04 Å².